The second kappa shape index (κ2) is 18.1. The molecule has 1 radical (unpaired) electrons. The Morgan fingerprint density at radius 3 is 1.00 bits per heavy atom. The van der Waals surface area contributed by atoms with Gasteiger partial charge in [-0.05, 0) is 0 Å². The van der Waals surface area contributed by atoms with E-state index in [1.54, 1.807) is 0 Å². The van der Waals surface area contributed by atoms with E-state index < -0.39 is 0 Å². The van der Waals surface area contributed by atoms with Gasteiger partial charge in [-0.25, -0.2) is 0 Å². The molecule has 4 heteroatoms. The van der Waals surface area contributed by atoms with Crippen LogP contribution >= 0.6 is 0 Å². The fraction of sp³-hybridized carbons (Fsp3) is 0. The largest absolute Gasteiger partial charge is 0 e. The summed E-state index contributed by atoms with van der Waals surface area (Å²) in [6.07, 6.45) is 0. The van der Waals surface area contributed by atoms with Crippen molar-refractivity contribution in [2.24, 2.45) is 0 Å². The monoisotopic (exact) mass is 269 g/mol. The quantitative estimate of drug-likeness (QED) is 0.432. The van der Waals surface area contributed by atoms with Crippen LogP contribution in [0, 0.1) is 0 Å². The van der Waals surface area contributed by atoms with E-state index in [1.165, 1.54) is 0 Å². The van der Waals surface area contributed by atoms with Gasteiger partial charge in [-0.3, -0.25) is 0 Å². The van der Waals surface area contributed by atoms with Crippen LogP contribution in [0.5, 0.6) is 0 Å². The van der Waals surface area contributed by atoms with Crippen molar-refractivity contribution < 1.29 is 33.6 Å². The van der Waals surface area contributed by atoms with Gasteiger partial charge in [-0.15, -0.1) is 0 Å². The van der Waals surface area contributed by atoms with E-state index in [0.717, 1.165) is 0 Å². The fourth-order valence-electron chi connectivity index (χ4n) is 0. The van der Waals surface area contributed by atoms with Gasteiger partial charge < -0.3 is 0 Å². The average Bonchev–Trinajstić information content (AvgIpc) is 0. The van der Waals surface area contributed by atoms with Gasteiger partial charge in [0, 0.05) is 33.6 Å². The molecule has 0 saturated heterocycles. The molecule has 0 amide bonds. The molecule has 0 aliphatic heterocycles. The maximum absolute atomic E-state index is 0. The Morgan fingerprint density at radius 1 is 1.00 bits per heavy atom. The number of hydrogen-bond donors (Lipinski definition) is 0. The molecular weight excluding hydrogens is 264 g/mol. The Labute approximate surface area is 75.8 Å². The van der Waals surface area contributed by atoms with Crippen LogP contribution in [-0.4, -0.2) is 43.2 Å². The molecule has 0 N–H and O–H groups in total. The van der Waals surface area contributed by atoms with Crippen molar-refractivity contribution in [1.82, 2.24) is 0 Å². The molecule has 0 aromatic rings. The van der Waals surface area contributed by atoms with E-state index in [4.69, 9.17) is 0 Å². The van der Waals surface area contributed by atoms with Gasteiger partial charge >= 0.3 is 25.8 Å². The maximum Gasteiger partial charge on any atom is 0 e. The summed E-state index contributed by atoms with van der Waals surface area (Å²) in [5.41, 5.74) is 0. The molecule has 0 heterocycles. The summed E-state index contributed by atoms with van der Waals surface area (Å²) in [6, 6.07) is 0. The molecule has 0 aliphatic rings. The molecule has 0 aliphatic carbocycles. The topological polar surface area (TPSA) is 0 Å². The fourth-order valence-corrected chi connectivity index (χ4v) is 0. The van der Waals surface area contributed by atoms with Gasteiger partial charge in [-0.2, -0.15) is 0 Å². The molecular formula is H6AlCuInNi. The summed E-state index contributed by atoms with van der Waals surface area (Å²) >= 11 is 0. The Hall–Kier alpha value is 2.42. The Morgan fingerprint density at radius 2 is 1.00 bits per heavy atom. The molecule has 0 spiro atoms. The maximum atomic E-state index is 0. The van der Waals surface area contributed by atoms with Crippen molar-refractivity contribution >= 4 is 43.2 Å². The average molecular weight is 270 g/mol. The van der Waals surface area contributed by atoms with E-state index in [0.29, 0.717) is 0 Å². The van der Waals surface area contributed by atoms with E-state index >= 15 is 0 Å². The van der Waals surface area contributed by atoms with Crippen LogP contribution in [0.15, 0.2) is 0 Å². The van der Waals surface area contributed by atoms with Crippen molar-refractivity contribution in [2.45, 2.75) is 0 Å². The van der Waals surface area contributed by atoms with Gasteiger partial charge in [0.2, 0.25) is 0 Å². The molecule has 0 aromatic heterocycles. The Balaban J connectivity index is 0. The standard InChI is InChI=1S/Al.Cu.In.Ni.6H. The van der Waals surface area contributed by atoms with Crippen molar-refractivity contribution in [3.8, 4) is 0 Å². The first-order chi connectivity index (χ1) is 0. The summed E-state index contributed by atoms with van der Waals surface area (Å²) in [4.78, 5) is 0. The zero-order valence-corrected chi connectivity index (χ0v) is 2.55. The predicted molar refractivity (Wildman–Crippen MR) is 19.9 cm³/mol. The summed E-state index contributed by atoms with van der Waals surface area (Å²) < 4.78 is 0. The zero-order chi connectivity index (χ0) is 0. The van der Waals surface area contributed by atoms with E-state index in [9.17, 15) is 0 Å². The van der Waals surface area contributed by atoms with E-state index in [1.807, 2.05) is 0 Å². The van der Waals surface area contributed by atoms with E-state index in [-0.39, 0.29) is 76.8 Å². The third-order valence-electron chi connectivity index (χ3n) is 0. The molecule has 0 atom stereocenters. The second-order valence-electron chi connectivity index (χ2n) is 0. The number of hydrogen-bond acceptors (Lipinski definition) is 0. The van der Waals surface area contributed by atoms with Crippen LogP contribution in [0.2, 0.25) is 0 Å². The van der Waals surface area contributed by atoms with Gasteiger partial charge in [-0.1, -0.05) is 0 Å². The summed E-state index contributed by atoms with van der Waals surface area (Å²) in [7, 11) is 0. The summed E-state index contributed by atoms with van der Waals surface area (Å²) in [5, 5.41) is 0. The van der Waals surface area contributed by atoms with Gasteiger partial charge in [0.1, 0.15) is 0 Å². The molecule has 4 heavy (non-hydrogen) atoms. The first-order valence-corrected chi connectivity index (χ1v) is 0. The summed E-state index contributed by atoms with van der Waals surface area (Å²) in [6.45, 7) is 0. The first-order valence-electron chi connectivity index (χ1n) is 0. The van der Waals surface area contributed by atoms with Crippen LogP contribution in [0.1, 0.15) is 0 Å². The van der Waals surface area contributed by atoms with Crippen LogP contribution in [0.25, 0.3) is 0 Å². The minimum absolute atomic E-state index is 0. The third-order valence-corrected chi connectivity index (χ3v) is 0. The Bertz CT molecular complexity index is 8.00. The predicted octanol–water partition coefficient (Wildman–Crippen LogP) is -2.37. The first kappa shape index (κ1) is 32.2. The minimum atomic E-state index is 0. The molecule has 0 saturated carbocycles. The van der Waals surface area contributed by atoms with Gasteiger partial charge in [0.05, 0.1) is 0 Å². The summed E-state index contributed by atoms with van der Waals surface area (Å²) in [5.74, 6) is 0. The van der Waals surface area contributed by atoms with Crippen LogP contribution in [0.4, 0.5) is 0 Å². The van der Waals surface area contributed by atoms with Crippen molar-refractivity contribution in [2.75, 3.05) is 0 Å². The van der Waals surface area contributed by atoms with Crippen LogP contribution in [-0.2, 0) is 33.6 Å². The normalized spacial score (nSPS) is 0. The van der Waals surface area contributed by atoms with Gasteiger partial charge in [0.15, 0.2) is 17.4 Å². The molecule has 33 valence electrons. The van der Waals surface area contributed by atoms with Gasteiger partial charge in [0.25, 0.3) is 0 Å². The third kappa shape index (κ3) is 8.83. The molecule has 0 rings (SSSR count). The van der Waals surface area contributed by atoms with Crippen LogP contribution in [0.3, 0.4) is 0 Å². The zero-order valence-electron chi connectivity index (χ0n) is 0.618. The number of rotatable bonds is 0. The molecule has 0 bridgehead atoms. The smallest absolute Gasteiger partial charge is 0 e. The molecule has 0 nitrogen and oxygen atoms in total. The Kier molecular flexibility index (Phi) is 146. The molecule has 0 fully saturated rings. The van der Waals surface area contributed by atoms with Crippen molar-refractivity contribution in [3.05, 3.63) is 0 Å². The van der Waals surface area contributed by atoms with Crippen molar-refractivity contribution in [3.63, 3.8) is 0 Å². The van der Waals surface area contributed by atoms with Crippen molar-refractivity contribution in [1.29, 1.82) is 0 Å². The second-order valence-corrected chi connectivity index (χ2v) is 0. The van der Waals surface area contributed by atoms with Crippen LogP contribution < -0.4 is 0 Å². The SMILES string of the molecule is [AlH3].[Cu].[InH3].[Ni]. The molecule has 0 aromatic carbocycles. The van der Waals surface area contributed by atoms with E-state index in [2.05, 4.69) is 0 Å². The molecule has 0 unspecified atom stereocenters. The minimum Gasteiger partial charge on any atom is 0 e.